The number of carbonyl (C=O) groups is 3. The van der Waals surface area contributed by atoms with E-state index in [0.29, 0.717) is 22.7 Å². The fraction of sp³-hybridized carbons (Fsp3) is 0.0952. The Morgan fingerprint density at radius 3 is 2.55 bits per heavy atom. The van der Waals surface area contributed by atoms with Crippen molar-refractivity contribution in [3.63, 3.8) is 0 Å². The first-order valence-electron chi connectivity index (χ1n) is 8.36. The standard InChI is InChI=1S/C21H15BrN2O5/c1-3-10-29-18-12-16(28-2)9-4-13(18)11-17-19(25)23-21(27)24(20(17)26)15-7-5-14(22)6-8-15/h1,4-9,11-12H,10H2,2H3,(H,23,25,27)/b17-11+. The van der Waals surface area contributed by atoms with Crippen molar-refractivity contribution < 1.29 is 23.9 Å². The molecule has 0 spiro atoms. The molecular weight excluding hydrogens is 440 g/mol. The fourth-order valence-corrected chi connectivity index (χ4v) is 2.91. The van der Waals surface area contributed by atoms with E-state index in [1.165, 1.54) is 13.2 Å². The van der Waals surface area contributed by atoms with Crippen LogP contribution in [0.15, 0.2) is 52.5 Å². The fourth-order valence-electron chi connectivity index (χ4n) is 2.64. The zero-order chi connectivity index (χ0) is 21.0. The largest absolute Gasteiger partial charge is 0.497 e. The summed E-state index contributed by atoms with van der Waals surface area (Å²) in [6.45, 7) is -0.00696. The van der Waals surface area contributed by atoms with Gasteiger partial charge in [0.1, 0.15) is 23.7 Å². The summed E-state index contributed by atoms with van der Waals surface area (Å²) in [5, 5.41) is 2.18. The van der Waals surface area contributed by atoms with E-state index in [4.69, 9.17) is 15.9 Å². The molecule has 1 aliphatic rings. The Labute approximate surface area is 175 Å². The molecule has 1 fully saturated rings. The van der Waals surface area contributed by atoms with Crippen LogP contribution >= 0.6 is 15.9 Å². The second kappa shape index (κ2) is 8.63. The number of nitrogens with one attached hydrogen (secondary N) is 1. The van der Waals surface area contributed by atoms with Crippen LogP contribution in [-0.4, -0.2) is 31.6 Å². The maximum Gasteiger partial charge on any atom is 0.335 e. The monoisotopic (exact) mass is 454 g/mol. The van der Waals surface area contributed by atoms with E-state index >= 15 is 0 Å². The van der Waals surface area contributed by atoms with Gasteiger partial charge in [-0.1, -0.05) is 21.9 Å². The van der Waals surface area contributed by atoms with Gasteiger partial charge in [0.25, 0.3) is 11.8 Å². The summed E-state index contributed by atoms with van der Waals surface area (Å²) in [5.41, 5.74) is 0.542. The highest BCUT2D eigenvalue weighted by molar-refractivity contribution is 9.10. The number of terminal acetylenes is 1. The Morgan fingerprint density at radius 2 is 1.90 bits per heavy atom. The molecule has 3 rings (SSSR count). The van der Waals surface area contributed by atoms with Gasteiger partial charge in [-0.25, -0.2) is 9.69 Å². The number of ether oxygens (including phenoxy) is 2. The van der Waals surface area contributed by atoms with Gasteiger partial charge < -0.3 is 9.47 Å². The van der Waals surface area contributed by atoms with Crippen LogP contribution in [0.4, 0.5) is 10.5 Å². The minimum absolute atomic E-state index is 0.00696. The molecule has 7 nitrogen and oxygen atoms in total. The second-order valence-corrected chi connectivity index (χ2v) is 6.75. The molecule has 8 heteroatoms. The number of anilines is 1. The van der Waals surface area contributed by atoms with Crippen LogP contribution in [0.5, 0.6) is 11.5 Å². The maximum atomic E-state index is 13.0. The average Bonchev–Trinajstić information content (AvgIpc) is 2.71. The van der Waals surface area contributed by atoms with Crippen molar-refractivity contribution in [3.8, 4) is 23.8 Å². The zero-order valence-corrected chi connectivity index (χ0v) is 16.9. The molecule has 0 aliphatic carbocycles. The lowest BCUT2D eigenvalue weighted by Crippen LogP contribution is -2.54. The highest BCUT2D eigenvalue weighted by Gasteiger charge is 2.36. The van der Waals surface area contributed by atoms with Gasteiger partial charge in [0.15, 0.2) is 0 Å². The summed E-state index contributed by atoms with van der Waals surface area (Å²) in [6, 6.07) is 10.6. The number of hydrogen-bond acceptors (Lipinski definition) is 5. The number of imide groups is 2. The molecule has 0 radical (unpaired) electrons. The van der Waals surface area contributed by atoms with E-state index in [1.54, 1.807) is 42.5 Å². The SMILES string of the molecule is C#CCOc1cc(OC)ccc1/C=C1\C(=O)NC(=O)N(c2ccc(Br)cc2)C1=O. The number of halogens is 1. The molecule has 2 aromatic rings. The number of hydrogen-bond donors (Lipinski definition) is 1. The van der Waals surface area contributed by atoms with Crippen molar-refractivity contribution in [1.29, 1.82) is 0 Å². The first-order valence-corrected chi connectivity index (χ1v) is 9.15. The summed E-state index contributed by atoms with van der Waals surface area (Å²) in [6.07, 6.45) is 6.59. The number of nitrogens with zero attached hydrogens (tertiary/aromatic N) is 1. The lowest BCUT2D eigenvalue weighted by molar-refractivity contribution is -0.122. The number of urea groups is 1. The maximum absolute atomic E-state index is 13.0. The van der Waals surface area contributed by atoms with E-state index in [9.17, 15) is 14.4 Å². The first-order chi connectivity index (χ1) is 13.9. The molecule has 0 atom stereocenters. The molecule has 29 heavy (non-hydrogen) atoms. The molecule has 146 valence electrons. The minimum Gasteiger partial charge on any atom is -0.497 e. The van der Waals surface area contributed by atoms with Crippen molar-refractivity contribution >= 4 is 45.5 Å². The molecule has 0 bridgehead atoms. The van der Waals surface area contributed by atoms with Crippen LogP contribution in [0.1, 0.15) is 5.56 Å². The minimum atomic E-state index is -0.821. The van der Waals surface area contributed by atoms with Crippen LogP contribution < -0.4 is 19.7 Å². The molecule has 1 N–H and O–H groups in total. The third kappa shape index (κ3) is 4.31. The predicted octanol–water partition coefficient (Wildman–Crippen LogP) is 3.14. The van der Waals surface area contributed by atoms with Crippen molar-refractivity contribution in [2.45, 2.75) is 0 Å². The summed E-state index contributed by atoms with van der Waals surface area (Å²) in [4.78, 5) is 38.5. The van der Waals surface area contributed by atoms with Crippen molar-refractivity contribution in [2.75, 3.05) is 18.6 Å². The van der Waals surface area contributed by atoms with E-state index in [1.807, 2.05) is 0 Å². The summed E-state index contributed by atoms with van der Waals surface area (Å²) in [7, 11) is 1.50. The van der Waals surface area contributed by atoms with Gasteiger partial charge in [-0.3, -0.25) is 14.9 Å². The van der Waals surface area contributed by atoms with Gasteiger partial charge in [-0.15, -0.1) is 6.42 Å². The predicted molar refractivity (Wildman–Crippen MR) is 110 cm³/mol. The summed E-state index contributed by atoms with van der Waals surface area (Å²) >= 11 is 3.30. The Balaban J connectivity index is 2.02. The number of methoxy groups -OCH3 is 1. The van der Waals surface area contributed by atoms with E-state index in [2.05, 4.69) is 27.2 Å². The normalized spacial score (nSPS) is 15.1. The smallest absolute Gasteiger partial charge is 0.335 e. The molecule has 0 saturated carbocycles. The Kier molecular flexibility index (Phi) is 6.00. The molecule has 1 heterocycles. The van der Waals surface area contributed by atoms with Gasteiger partial charge in [0, 0.05) is 16.1 Å². The van der Waals surface area contributed by atoms with Crippen LogP contribution in [0.2, 0.25) is 0 Å². The number of barbiturate groups is 1. The Bertz CT molecular complexity index is 1050. The van der Waals surface area contributed by atoms with Gasteiger partial charge >= 0.3 is 6.03 Å². The lowest BCUT2D eigenvalue weighted by atomic mass is 10.1. The molecule has 0 aromatic heterocycles. The van der Waals surface area contributed by atoms with Crippen LogP contribution in [0.3, 0.4) is 0 Å². The third-order valence-electron chi connectivity index (χ3n) is 4.02. The van der Waals surface area contributed by atoms with E-state index < -0.39 is 17.8 Å². The molecule has 1 saturated heterocycles. The van der Waals surface area contributed by atoms with Crippen LogP contribution in [0, 0.1) is 12.3 Å². The van der Waals surface area contributed by atoms with Crippen LogP contribution in [0.25, 0.3) is 6.08 Å². The van der Waals surface area contributed by atoms with E-state index in [0.717, 1.165) is 9.37 Å². The Hall–Kier alpha value is -3.57. The average molecular weight is 455 g/mol. The zero-order valence-electron chi connectivity index (χ0n) is 15.3. The number of carbonyl (C=O) groups excluding carboxylic acids is 3. The molecule has 1 aliphatic heterocycles. The quantitative estimate of drug-likeness (QED) is 0.426. The second-order valence-electron chi connectivity index (χ2n) is 5.83. The van der Waals surface area contributed by atoms with Crippen molar-refractivity contribution in [2.24, 2.45) is 0 Å². The first kappa shape index (κ1) is 20.2. The van der Waals surface area contributed by atoms with E-state index in [-0.39, 0.29) is 12.2 Å². The van der Waals surface area contributed by atoms with Gasteiger partial charge in [-0.05, 0) is 42.5 Å². The van der Waals surface area contributed by atoms with Crippen molar-refractivity contribution in [1.82, 2.24) is 5.32 Å². The number of amides is 4. The Morgan fingerprint density at radius 1 is 1.17 bits per heavy atom. The summed E-state index contributed by atoms with van der Waals surface area (Å²) in [5.74, 6) is 1.66. The molecule has 4 amide bonds. The molecule has 0 unspecified atom stereocenters. The number of rotatable bonds is 5. The summed E-state index contributed by atoms with van der Waals surface area (Å²) < 4.78 is 11.4. The topological polar surface area (TPSA) is 84.9 Å². The molecule has 2 aromatic carbocycles. The van der Waals surface area contributed by atoms with Gasteiger partial charge in [0.05, 0.1) is 12.8 Å². The third-order valence-corrected chi connectivity index (χ3v) is 4.55. The number of benzene rings is 2. The highest BCUT2D eigenvalue weighted by atomic mass is 79.9. The lowest BCUT2D eigenvalue weighted by Gasteiger charge is -2.26. The van der Waals surface area contributed by atoms with Gasteiger partial charge in [0.2, 0.25) is 0 Å². The molecular formula is C21H15BrN2O5. The van der Waals surface area contributed by atoms with Gasteiger partial charge in [-0.2, -0.15) is 0 Å². The highest BCUT2D eigenvalue weighted by Crippen LogP contribution is 2.29. The van der Waals surface area contributed by atoms with Crippen LogP contribution in [-0.2, 0) is 9.59 Å². The van der Waals surface area contributed by atoms with Crippen molar-refractivity contribution in [3.05, 3.63) is 58.1 Å².